The van der Waals surface area contributed by atoms with E-state index in [4.69, 9.17) is 4.74 Å². The molecule has 0 aromatic carbocycles. The van der Waals surface area contributed by atoms with Crippen molar-refractivity contribution in [2.45, 2.75) is 39.3 Å². The number of nitrogens with zero attached hydrogens (tertiary/aromatic N) is 1. The fourth-order valence-corrected chi connectivity index (χ4v) is 2.05. The van der Waals surface area contributed by atoms with Gasteiger partial charge in [-0.3, -0.25) is 9.69 Å². The van der Waals surface area contributed by atoms with Crippen molar-refractivity contribution in [2.75, 3.05) is 19.7 Å². The van der Waals surface area contributed by atoms with Gasteiger partial charge in [-0.05, 0) is 19.3 Å². The van der Waals surface area contributed by atoms with Gasteiger partial charge in [-0.1, -0.05) is 13.8 Å². The Balaban J connectivity index is 2.56. The minimum Gasteiger partial charge on any atom is -0.465 e. The van der Waals surface area contributed by atoms with E-state index in [1.54, 1.807) is 0 Å². The molecule has 1 aliphatic rings. The Labute approximate surface area is 91.2 Å². The summed E-state index contributed by atoms with van der Waals surface area (Å²) in [6, 6.07) is -0.190. The summed E-state index contributed by atoms with van der Waals surface area (Å²) >= 11 is 0. The van der Waals surface area contributed by atoms with Gasteiger partial charge in [0, 0.05) is 13.1 Å². The molecule has 0 radical (unpaired) electrons. The Morgan fingerprint density at radius 2 is 2.20 bits per heavy atom. The first kappa shape index (κ1) is 12.5. The molecular formula is C11H21NO3. The van der Waals surface area contributed by atoms with Crippen molar-refractivity contribution in [3.8, 4) is 0 Å². The number of hydrogen-bond donors (Lipinski definition) is 1. The zero-order valence-corrected chi connectivity index (χ0v) is 9.77. The van der Waals surface area contributed by atoms with Gasteiger partial charge in [-0.15, -0.1) is 0 Å². The highest BCUT2D eigenvalue weighted by Gasteiger charge is 2.35. The van der Waals surface area contributed by atoms with Crippen LogP contribution in [0.1, 0.15) is 27.2 Å². The standard InChI is InChI=1S/C11H21NO3/c1-4-9(11(14)15-5-2)12-6-8(3)10(13)7-12/h8-10,13H,4-7H2,1-3H3/t8-,9-,10-/m0/s1. The van der Waals surface area contributed by atoms with Gasteiger partial charge in [0.05, 0.1) is 12.7 Å². The first-order valence-electron chi connectivity index (χ1n) is 5.68. The number of aliphatic hydroxyl groups is 1. The molecule has 88 valence electrons. The maximum atomic E-state index is 11.6. The van der Waals surface area contributed by atoms with Crippen LogP contribution in [0.5, 0.6) is 0 Å². The van der Waals surface area contributed by atoms with Crippen LogP contribution in [0.2, 0.25) is 0 Å². The van der Waals surface area contributed by atoms with Crippen molar-refractivity contribution in [1.29, 1.82) is 0 Å². The van der Waals surface area contributed by atoms with Crippen LogP contribution in [0.25, 0.3) is 0 Å². The maximum absolute atomic E-state index is 11.6. The van der Waals surface area contributed by atoms with E-state index in [9.17, 15) is 9.90 Å². The van der Waals surface area contributed by atoms with Crippen LogP contribution >= 0.6 is 0 Å². The van der Waals surface area contributed by atoms with E-state index in [2.05, 4.69) is 0 Å². The quantitative estimate of drug-likeness (QED) is 0.699. The molecule has 1 N–H and O–H groups in total. The molecule has 0 amide bonds. The normalized spacial score (nSPS) is 29.1. The number of esters is 1. The molecule has 15 heavy (non-hydrogen) atoms. The Bertz CT molecular complexity index is 210. The van der Waals surface area contributed by atoms with E-state index < -0.39 is 0 Å². The van der Waals surface area contributed by atoms with Gasteiger partial charge in [0.15, 0.2) is 0 Å². The molecule has 0 spiro atoms. The lowest BCUT2D eigenvalue weighted by Gasteiger charge is -2.24. The average Bonchev–Trinajstić information content (AvgIpc) is 2.48. The van der Waals surface area contributed by atoms with E-state index in [-0.39, 0.29) is 24.0 Å². The lowest BCUT2D eigenvalue weighted by atomic mass is 10.1. The average molecular weight is 215 g/mol. The van der Waals surface area contributed by atoms with Gasteiger partial charge < -0.3 is 9.84 Å². The summed E-state index contributed by atoms with van der Waals surface area (Å²) in [7, 11) is 0. The Morgan fingerprint density at radius 3 is 2.60 bits per heavy atom. The third-order valence-corrected chi connectivity index (χ3v) is 2.99. The number of β-amino-alcohol motifs (C(OH)–C–C–N with tert-alkyl or cyclic N) is 1. The van der Waals surface area contributed by atoms with E-state index in [1.807, 2.05) is 25.7 Å². The molecular weight excluding hydrogens is 194 g/mol. The van der Waals surface area contributed by atoms with Gasteiger partial charge in [0.2, 0.25) is 0 Å². The zero-order valence-electron chi connectivity index (χ0n) is 9.77. The van der Waals surface area contributed by atoms with Crippen molar-refractivity contribution in [3.05, 3.63) is 0 Å². The largest absolute Gasteiger partial charge is 0.465 e. The summed E-state index contributed by atoms with van der Waals surface area (Å²) in [6.45, 7) is 7.56. The highest BCUT2D eigenvalue weighted by molar-refractivity contribution is 5.75. The fraction of sp³-hybridized carbons (Fsp3) is 0.909. The molecule has 0 saturated carbocycles. The van der Waals surface area contributed by atoms with Crippen LogP contribution in [0.4, 0.5) is 0 Å². The highest BCUT2D eigenvalue weighted by Crippen LogP contribution is 2.20. The van der Waals surface area contributed by atoms with E-state index >= 15 is 0 Å². The predicted molar refractivity (Wildman–Crippen MR) is 57.5 cm³/mol. The number of hydrogen-bond acceptors (Lipinski definition) is 4. The molecule has 1 rings (SSSR count). The van der Waals surface area contributed by atoms with E-state index in [0.717, 1.165) is 13.0 Å². The number of aliphatic hydroxyl groups excluding tert-OH is 1. The van der Waals surface area contributed by atoms with Crippen LogP contribution in [0.15, 0.2) is 0 Å². The van der Waals surface area contributed by atoms with Gasteiger partial charge >= 0.3 is 5.97 Å². The second kappa shape index (κ2) is 5.47. The molecule has 0 unspecified atom stereocenters. The molecule has 1 aliphatic heterocycles. The number of carbonyl (C=O) groups excluding carboxylic acids is 1. The molecule has 3 atom stereocenters. The van der Waals surface area contributed by atoms with Crippen LogP contribution in [-0.2, 0) is 9.53 Å². The molecule has 4 heteroatoms. The highest BCUT2D eigenvalue weighted by atomic mass is 16.5. The van der Waals surface area contributed by atoms with Gasteiger partial charge in [-0.2, -0.15) is 0 Å². The minimum atomic E-state index is -0.312. The first-order valence-corrected chi connectivity index (χ1v) is 5.68. The number of ether oxygens (including phenoxy) is 1. The molecule has 4 nitrogen and oxygen atoms in total. The molecule has 1 fully saturated rings. The Hall–Kier alpha value is -0.610. The Kier molecular flexibility index (Phi) is 4.54. The van der Waals surface area contributed by atoms with Crippen LogP contribution < -0.4 is 0 Å². The van der Waals surface area contributed by atoms with Gasteiger partial charge in [-0.25, -0.2) is 0 Å². The SMILES string of the molecule is CCOC(=O)[C@H](CC)N1C[C@H](C)[C@@H](O)C1. The second-order valence-electron chi connectivity index (χ2n) is 4.17. The first-order chi connectivity index (χ1) is 7.10. The Morgan fingerprint density at radius 1 is 1.53 bits per heavy atom. The van der Waals surface area contributed by atoms with Crippen LogP contribution in [-0.4, -0.2) is 47.8 Å². The van der Waals surface area contributed by atoms with Crippen LogP contribution in [0.3, 0.4) is 0 Å². The summed E-state index contributed by atoms with van der Waals surface area (Å²) in [6.07, 6.45) is 0.423. The third-order valence-electron chi connectivity index (χ3n) is 2.99. The molecule has 0 aliphatic carbocycles. The van der Waals surface area contributed by atoms with Gasteiger partial charge in [0.1, 0.15) is 6.04 Å². The monoisotopic (exact) mass is 215 g/mol. The minimum absolute atomic E-state index is 0.165. The second-order valence-corrected chi connectivity index (χ2v) is 4.17. The van der Waals surface area contributed by atoms with Crippen molar-refractivity contribution >= 4 is 5.97 Å². The van der Waals surface area contributed by atoms with E-state index in [1.165, 1.54) is 0 Å². The fourth-order valence-electron chi connectivity index (χ4n) is 2.05. The van der Waals surface area contributed by atoms with Crippen molar-refractivity contribution in [3.63, 3.8) is 0 Å². The summed E-state index contributed by atoms with van der Waals surface area (Å²) in [5.41, 5.74) is 0. The van der Waals surface area contributed by atoms with Crippen molar-refractivity contribution < 1.29 is 14.6 Å². The summed E-state index contributed by atoms with van der Waals surface area (Å²) in [5.74, 6) is 0.0785. The van der Waals surface area contributed by atoms with Crippen molar-refractivity contribution in [2.24, 2.45) is 5.92 Å². The lowest BCUT2D eigenvalue weighted by molar-refractivity contribution is -0.149. The maximum Gasteiger partial charge on any atom is 0.323 e. The molecule has 1 heterocycles. The number of likely N-dealkylation sites (tertiary alicyclic amines) is 1. The van der Waals surface area contributed by atoms with E-state index in [0.29, 0.717) is 13.2 Å². The third kappa shape index (κ3) is 2.92. The molecule has 1 saturated heterocycles. The summed E-state index contributed by atoms with van der Waals surface area (Å²) < 4.78 is 5.02. The van der Waals surface area contributed by atoms with Crippen LogP contribution in [0, 0.1) is 5.92 Å². The lowest BCUT2D eigenvalue weighted by Crippen LogP contribution is -2.40. The zero-order chi connectivity index (χ0) is 11.4. The predicted octanol–water partition coefficient (Wildman–Crippen LogP) is 0.641. The van der Waals surface area contributed by atoms with Crippen molar-refractivity contribution in [1.82, 2.24) is 4.90 Å². The molecule has 0 bridgehead atoms. The smallest absolute Gasteiger partial charge is 0.323 e. The molecule has 0 aromatic rings. The van der Waals surface area contributed by atoms with Gasteiger partial charge in [0.25, 0.3) is 0 Å². The number of rotatable bonds is 4. The summed E-state index contributed by atoms with van der Waals surface area (Å²) in [4.78, 5) is 13.7. The topological polar surface area (TPSA) is 49.8 Å². The summed E-state index contributed by atoms with van der Waals surface area (Å²) in [5, 5.41) is 9.63. The number of carbonyl (C=O) groups is 1. The molecule has 0 aromatic heterocycles.